The summed E-state index contributed by atoms with van der Waals surface area (Å²) in [6, 6.07) is 9.30. The van der Waals surface area contributed by atoms with Crippen molar-refractivity contribution >= 4 is 23.4 Å². The van der Waals surface area contributed by atoms with Gasteiger partial charge in [0.15, 0.2) is 0 Å². The van der Waals surface area contributed by atoms with Gasteiger partial charge in [-0.15, -0.1) is 0 Å². The van der Waals surface area contributed by atoms with Crippen molar-refractivity contribution in [3.8, 4) is 5.88 Å². The average molecular weight is 346 g/mol. The Morgan fingerprint density at radius 3 is 2.92 bits per heavy atom. The second-order valence-corrected chi connectivity index (χ2v) is 6.20. The van der Waals surface area contributed by atoms with Gasteiger partial charge < -0.3 is 10.5 Å². The van der Waals surface area contributed by atoms with Gasteiger partial charge >= 0.3 is 0 Å². The maximum absolute atomic E-state index is 12.6. The maximum atomic E-state index is 12.6. The summed E-state index contributed by atoms with van der Waals surface area (Å²) in [7, 11) is 0. The monoisotopic (exact) mass is 345 g/mol. The average Bonchev–Trinajstić information content (AvgIpc) is 2.61. The van der Waals surface area contributed by atoms with E-state index in [2.05, 4.69) is 4.98 Å². The highest BCUT2D eigenvalue weighted by Crippen LogP contribution is 2.25. The summed E-state index contributed by atoms with van der Waals surface area (Å²) in [5.41, 5.74) is 9.45. The molecule has 24 heavy (non-hydrogen) atoms. The summed E-state index contributed by atoms with van der Waals surface area (Å²) in [5, 5.41) is 0. The molecule has 2 aromatic rings. The Morgan fingerprint density at radius 1 is 1.38 bits per heavy atom. The summed E-state index contributed by atoms with van der Waals surface area (Å²) in [6.07, 6.45) is 4.22. The first-order chi connectivity index (χ1) is 11.6. The van der Waals surface area contributed by atoms with Crippen LogP contribution in [0.4, 0.5) is 5.69 Å². The number of amides is 1. The van der Waals surface area contributed by atoms with Crippen LogP contribution < -0.4 is 14.9 Å². The standard InChI is InChI=1S/C18H20ClN3O2/c1-2-24-17-8-7-16(11-21-17)22(19)18(23)14-4-3-13-10-15(20)6-5-12(13)9-14/h3-4,7-9,11,15H,2,5-6,10,20H2,1H3. The van der Waals surface area contributed by atoms with Crippen LogP contribution in [-0.4, -0.2) is 23.5 Å². The Balaban J connectivity index is 1.78. The number of fused-ring (bicyclic) bond motifs is 1. The molecule has 0 spiro atoms. The highest BCUT2D eigenvalue weighted by atomic mass is 35.5. The van der Waals surface area contributed by atoms with Gasteiger partial charge in [0.05, 0.1) is 18.5 Å². The van der Waals surface area contributed by atoms with Gasteiger partial charge in [-0.25, -0.2) is 9.40 Å². The van der Waals surface area contributed by atoms with Gasteiger partial charge in [0.1, 0.15) is 0 Å². The van der Waals surface area contributed by atoms with Crippen LogP contribution in [0.1, 0.15) is 34.8 Å². The Bertz CT molecular complexity index is 734. The molecule has 1 heterocycles. The van der Waals surface area contributed by atoms with Crippen LogP contribution in [0, 0.1) is 0 Å². The zero-order valence-electron chi connectivity index (χ0n) is 13.5. The van der Waals surface area contributed by atoms with Gasteiger partial charge in [0, 0.05) is 29.4 Å². The third kappa shape index (κ3) is 3.52. The van der Waals surface area contributed by atoms with E-state index in [1.54, 1.807) is 18.2 Å². The van der Waals surface area contributed by atoms with Crippen LogP contribution >= 0.6 is 11.8 Å². The molecule has 0 fully saturated rings. The second kappa shape index (κ2) is 7.20. The highest BCUT2D eigenvalue weighted by Gasteiger charge is 2.20. The van der Waals surface area contributed by atoms with Crippen molar-refractivity contribution < 1.29 is 9.53 Å². The van der Waals surface area contributed by atoms with Gasteiger partial charge in [-0.1, -0.05) is 6.07 Å². The number of hydrogen-bond donors (Lipinski definition) is 1. The molecular weight excluding hydrogens is 326 g/mol. The number of hydrogen-bond acceptors (Lipinski definition) is 4. The Kier molecular flexibility index (Phi) is 5.02. The van der Waals surface area contributed by atoms with Crippen molar-refractivity contribution in [3.63, 3.8) is 0 Å². The molecule has 1 unspecified atom stereocenters. The molecule has 5 nitrogen and oxygen atoms in total. The zero-order valence-corrected chi connectivity index (χ0v) is 14.3. The lowest BCUT2D eigenvalue weighted by Gasteiger charge is -2.22. The van der Waals surface area contributed by atoms with E-state index in [9.17, 15) is 4.79 Å². The molecule has 1 aliphatic rings. The molecule has 2 N–H and O–H groups in total. The van der Waals surface area contributed by atoms with Gasteiger partial charge in [0.2, 0.25) is 5.88 Å². The van der Waals surface area contributed by atoms with Crippen LogP contribution in [0.15, 0.2) is 36.5 Å². The quantitative estimate of drug-likeness (QED) is 0.864. The number of ether oxygens (including phenoxy) is 1. The van der Waals surface area contributed by atoms with Crippen molar-refractivity contribution in [2.75, 3.05) is 11.0 Å². The molecule has 1 aromatic heterocycles. The summed E-state index contributed by atoms with van der Waals surface area (Å²) in [4.78, 5) is 16.7. The topological polar surface area (TPSA) is 68.5 Å². The molecule has 126 valence electrons. The third-order valence-electron chi connectivity index (χ3n) is 4.14. The lowest BCUT2D eigenvalue weighted by atomic mass is 9.87. The smallest absolute Gasteiger partial charge is 0.272 e. The van der Waals surface area contributed by atoms with E-state index in [1.165, 1.54) is 17.3 Å². The van der Waals surface area contributed by atoms with Crippen LogP contribution in [0.5, 0.6) is 5.88 Å². The third-order valence-corrected chi connectivity index (χ3v) is 4.49. The molecule has 0 aliphatic heterocycles. The van der Waals surface area contributed by atoms with Crippen molar-refractivity contribution in [1.29, 1.82) is 0 Å². The van der Waals surface area contributed by atoms with Crippen molar-refractivity contribution in [3.05, 3.63) is 53.2 Å². The minimum Gasteiger partial charge on any atom is -0.478 e. The highest BCUT2D eigenvalue weighted by molar-refractivity contribution is 6.39. The molecule has 1 aliphatic carbocycles. The van der Waals surface area contributed by atoms with Gasteiger partial charge in [-0.3, -0.25) is 4.79 Å². The number of aromatic nitrogens is 1. The number of benzene rings is 1. The molecule has 0 bridgehead atoms. The number of pyridine rings is 1. The fraction of sp³-hybridized carbons (Fsp3) is 0.333. The first-order valence-corrected chi connectivity index (χ1v) is 8.38. The molecule has 6 heteroatoms. The normalized spacial score (nSPS) is 16.4. The van der Waals surface area contributed by atoms with E-state index in [4.69, 9.17) is 22.2 Å². The van der Waals surface area contributed by atoms with E-state index in [0.29, 0.717) is 23.7 Å². The zero-order chi connectivity index (χ0) is 17.1. The number of nitrogens with two attached hydrogens (primary N) is 1. The van der Waals surface area contributed by atoms with E-state index >= 15 is 0 Å². The summed E-state index contributed by atoms with van der Waals surface area (Å²) < 4.78 is 6.37. The van der Waals surface area contributed by atoms with Crippen LogP contribution in [0.25, 0.3) is 0 Å². The minimum absolute atomic E-state index is 0.207. The molecule has 0 radical (unpaired) electrons. The van der Waals surface area contributed by atoms with Gasteiger partial charge in [-0.2, -0.15) is 0 Å². The number of aryl methyl sites for hydroxylation is 1. The Morgan fingerprint density at radius 2 is 2.21 bits per heavy atom. The molecule has 1 aromatic carbocycles. The number of halogens is 1. The van der Waals surface area contributed by atoms with Gasteiger partial charge in [-0.05, 0) is 55.5 Å². The largest absolute Gasteiger partial charge is 0.478 e. The fourth-order valence-corrected chi connectivity index (χ4v) is 3.07. The Labute approximate surface area is 146 Å². The SMILES string of the molecule is CCOc1ccc(N(Cl)C(=O)c2ccc3c(c2)CCC(N)C3)cn1. The molecule has 3 rings (SSSR count). The molecular formula is C18H20ClN3O2. The number of carbonyl (C=O) groups excluding carboxylic acids is 1. The van der Waals surface area contributed by atoms with Crippen molar-refractivity contribution in [1.82, 2.24) is 4.98 Å². The predicted molar refractivity (Wildman–Crippen MR) is 94.5 cm³/mol. The lowest BCUT2D eigenvalue weighted by Crippen LogP contribution is -2.28. The van der Waals surface area contributed by atoms with Crippen LogP contribution in [0.3, 0.4) is 0 Å². The number of nitrogens with zero attached hydrogens (tertiary/aromatic N) is 2. The van der Waals surface area contributed by atoms with Crippen molar-refractivity contribution in [2.24, 2.45) is 5.73 Å². The number of carbonyl (C=O) groups is 1. The van der Waals surface area contributed by atoms with E-state index in [-0.39, 0.29) is 11.9 Å². The lowest BCUT2D eigenvalue weighted by molar-refractivity contribution is 0.101. The van der Waals surface area contributed by atoms with Crippen LogP contribution in [-0.2, 0) is 12.8 Å². The molecule has 1 amide bonds. The first kappa shape index (κ1) is 16.7. The number of rotatable bonds is 4. The second-order valence-electron chi connectivity index (χ2n) is 5.86. The van der Waals surface area contributed by atoms with E-state index < -0.39 is 0 Å². The number of anilines is 1. The summed E-state index contributed by atoms with van der Waals surface area (Å²) in [5.74, 6) is 0.226. The molecule has 0 saturated carbocycles. The first-order valence-electron chi connectivity index (χ1n) is 8.05. The van der Waals surface area contributed by atoms with Crippen LogP contribution in [0.2, 0.25) is 0 Å². The maximum Gasteiger partial charge on any atom is 0.272 e. The predicted octanol–water partition coefficient (Wildman–Crippen LogP) is 3.10. The fourth-order valence-electron chi connectivity index (χ4n) is 2.87. The van der Waals surface area contributed by atoms with E-state index in [1.807, 2.05) is 19.1 Å². The van der Waals surface area contributed by atoms with Crippen molar-refractivity contribution in [2.45, 2.75) is 32.2 Å². The molecule has 1 atom stereocenters. The summed E-state index contributed by atoms with van der Waals surface area (Å²) >= 11 is 6.21. The van der Waals surface area contributed by atoms with E-state index in [0.717, 1.165) is 23.7 Å². The van der Waals surface area contributed by atoms with Gasteiger partial charge in [0.25, 0.3) is 5.91 Å². The Hall–Kier alpha value is -2.11. The minimum atomic E-state index is -0.278. The molecule has 0 saturated heterocycles. The summed E-state index contributed by atoms with van der Waals surface area (Å²) in [6.45, 7) is 2.42.